The number of hydrogen-bond donors (Lipinski definition) is 1. The summed E-state index contributed by atoms with van der Waals surface area (Å²) in [5.41, 5.74) is 1.51. The van der Waals surface area contributed by atoms with Crippen molar-refractivity contribution in [1.82, 2.24) is 0 Å². The minimum Gasteiger partial charge on any atom is -0.507 e. The van der Waals surface area contributed by atoms with Gasteiger partial charge >= 0.3 is 10.1 Å². The maximum atomic E-state index is 12.8. The molecule has 4 nitrogen and oxygen atoms in total. The molecule has 3 rings (SSSR count). The number of phenolic OH excluding ortho intramolecular Hbond substituents is 1. The van der Waals surface area contributed by atoms with Crippen LogP contribution in [0.4, 0.5) is 0 Å². The third-order valence-corrected chi connectivity index (χ3v) is 9.94. The first-order valence-corrected chi connectivity index (χ1v) is 11.2. The van der Waals surface area contributed by atoms with Gasteiger partial charge in [0.2, 0.25) is 0 Å². The van der Waals surface area contributed by atoms with E-state index in [0.29, 0.717) is 0 Å². The van der Waals surface area contributed by atoms with Crippen molar-refractivity contribution < 1.29 is 17.2 Å². The lowest BCUT2D eigenvalue weighted by Crippen LogP contribution is -2.15. The molecule has 6 heteroatoms. The zero-order chi connectivity index (χ0) is 17.4. The van der Waals surface area contributed by atoms with Crippen molar-refractivity contribution in [2.24, 2.45) is 0 Å². The third-order valence-electron chi connectivity index (χ3n) is 4.34. The van der Waals surface area contributed by atoms with Gasteiger partial charge in [-0.15, -0.1) is 0 Å². The van der Waals surface area contributed by atoms with Crippen LogP contribution in [0.3, 0.4) is 0 Å². The Morgan fingerprint density at radius 3 is 2.08 bits per heavy atom. The van der Waals surface area contributed by atoms with Crippen molar-refractivity contribution in [3.05, 3.63) is 53.6 Å². The van der Waals surface area contributed by atoms with Gasteiger partial charge in [0, 0.05) is 16.4 Å². The zero-order valence-electron chi connectivity index (χ0n) is 13.9. The van der Waals surface area contributed by atoms with Crippen molar-refractivity contribution in [3.8, 4) is 5.75 Å². The first kappa shape index (κ1) is 17.3. The lowest BCUT2D eigenvalue weighted by Gasteiger charge is -2.35. The second-order valence-corrected chi connectivity index (χ2v) is 11.0. The molecule has 0 bridgehead atoms. The molecule has 1 fully saturated rings. The molecule has 130 valence electrons. The van der Waals surface area contributed by atoms with Crippen LogP contribution in [0.2, 0.25) is 0 Å². The van der Waals surface area contributed by atoms with Crippen LogP contribution >= 0.6 is 10.3 Å². The first-order chi connectivity index (χ1) is 11.3. The highest BCUT2D eigenvalue weighted by Gasteiger charge is 2.37. The topological polar surface area (TPSA) is 63.6 Å². The molecule has 0 radical (unpaired) electrons. The van der Waals surface area contributed by atoms with E-state index in [0.717, 1.165) is 40.4 Å². The van der Waals surface area contributed by atoms with Gasteiger partial charge in [-0.05, 0) is 62.1 Å². The lowest BCUT2D eigenvalue weighted by molar-refractivity contribution is 0.466. The monoisotopic (exact) mass is 366 g/mol. The summed E-state index contributed by atoms with van der Waals surface area (Å²) in [5.74, 6) is 1.74. The number of aryl methyl sites for hydroxylation is 2. The van der Waals surface area contributed by atoms with E-state index >= 15 is 0 Å². The van der Waals surface area contributed by atoms with E-state index in [9.17, 15) is 13.5 Å². The molecular formula is C18H22O4S2. The number of rotatable bonds is 4. The zero-order valence-corrected chi connectivity index (χ0v) is 15.5. The Morgan fingerprint density at radius 1 is 1.00 bits per heavy atom. The minimum atomic E-state index is -3.81. The fraction of sp³-hybridized carbons (Fsp3) is 0.333. The van der Waals surface area contributed by atoms with Crippen molar-refractivity contribution in [1.29, 1.82) is 0 Å². The van der Waals surface area contributed by atoms with Gasteiger partial charge in [-0.3, -0.25) is 0 Å². The minimum absolute atomic E-state index is 0.191. The largest absolute Gasteiger partial charge is 0.507 e. The van der Waals surface area contributed by atoms with Crippen LogP contribution in [-0.2, 0) is 13.7 Å². The van der Waals surface area contributed by atoms with Crippen molar-refractivity contribution in [2.45, 2.75) is 36.5 Å². The Balaban J connectivity index is 2.04. The van der Waals surface area contributed by atoms with E-state index in [1.165, 1.54) is 0 Å². The van der Waals surface area contributed by atoms with E-state index in [2.05, 4.69) is 0 Å². The highest BCUT2D eigenvalue weighted by molar-refractivity contribution is 8.33. The lowest BCUT2D eigenvalue weighted by atomic mass is 10.1. The maximum Gasteiger partial charge on any atom is 0.306 e. The summed E-state index contributed by atoms with van der Waals surface area (Å²) in [4.78, 5) is 1.10. The molecule has 0 aliphatic carbocycles. The van der Waals surface area contributed by atoms with Gasteiger partial charge in [0.25, 0.3) is 0 Å². The number of aromatic hydroxyl groups is 1. The fourth-order valence-electron chi connectivity index (χ4n) is 3.04. The van der Waals surface area contributed by atoms with Gasteiger partial charge in [0.05, 0.1) is 4.90 Å². The molecule has 0 amide bonds. The third kappa shape index (κ3) is 3.18. The summed E-state index contributed by atoms with van der Waals surface area (Å²) >= 11 is 0. The average Bonchev–Trinajstić information content (AvgIpc) is 3.02. The molecule has 1 saturated heterocycles. The molecule has 0 atom stereocenters. The standard InChI is InChI=1S/C18H22O4S2/c1-14-12-17(13-15(2)18(14)19)23(10-6-7-11-23)22-24(20,21)16-8-4-3-5-9-16/h3-5,8-9,12-13,19H,6-7,10-11H2,1-2H3. The summed E-state index contributed by atoms with van der Waals surface area (Å²) in [6.07, 6.45) is 1.91. The quantitative estimate of drug-likeness (QED) is 0.877. The van der Waals surface area contributed by atoms with Crippen LogP contribution < -0.4 is 0 Å². The molecule has 1 aliphatic rings. The maximum absolute atomic E-state index is 12.8. The molecular weight excluding hydrogens is 344 g/mol. The average molecular weight is 367 g/mol. The van der Waals surface area contributed by atoms with Crippen LogP contribution in [0, 0.1) is 13.8 Å². The predicted octanol–water partition coefficient (Wildman–Crippen LogP) is 4.29. The number of phenols is 1. The van der Waals surface area contributed by atoms with Gasteiger partial charge in [-0.2, -0.15) is 8.42 Å². The summed E-state index contributed by atoms with van der Waals surface area (Å²) in [6.45, 7) is 3.67. The molecule has 1 N–H and O–H groups in total. The van der Waals surface area contributed by atoms with Crippen LogP contribution in [0.15, 0.2) is 52.3 Å². The Morgan fingerprint density at radius 2 is 1.54 bits per heavy atom. The van der Waals surface area contributed by atoms with E-state index < -0.39 is 20.4 Å². The van der Waals surface area contributed by atoms with Crippen LogP contribution in [0.1, 0.15) is 24.0 Å². The fourth-order valence-corrected chi connectivity index (χ4v) is 8.88. The molecule has 0 saturated carbocycles. The smallest absolute Gasteiger partial charge is 0.306 e. The molecule has 0 unspecified atom stereocenters. The molecule has 1 aliphatic heterocycles. The summed E-state index contributed by atoms with van der Waals surface area (Å²) in [5, 5.41) is 10.0. The summed E-state index contributed by atoms with van der Waals surface area (Å²) in [6, 6.07) is 12.1. The van der Waals surface area contributed by atoms with Crippen LogP contribution in [-0.4, -0.2) is 25.0 Å². The SMILES string of the molecule is Cc1cc(S2(OS(=O)(=O)c3ccccc3)CCCC2)cc(C)c1O. The Bertz CT molecular complexity index is 816. The van der Waals surface area contributed by atoms with Gasteiger partial charge in [-0.25, -0.2) is 3.63 Å². The second-order valence-electron chi connectivity index (χ2n) is 6.17. The van der Waals surface area contributed by atoms with E-state index in [1.807, 2.05) is 26.0 Å². The molecule has 0 spiro atoms. The van der Waals surface area contributed by atoms with Crippen LogP contribution in [0.25, 0.3) is 0 Å². The Hall–Kier alpha value is -1.50. The van der Waals surface area contributed by atoms with Gasteiger partial charge in [-0.1, -0.05) is 28.5 Å². The predicted molar refractivity (Wildman–Crippen MR) is 97.1 cm³/mol. The Kier molecular flexibility index (Phi) is 4.64. The number of hydrogen-bond acceptors (Lipinski definition) is 4. The van der Waals surface area contributed by atoms with Crippen LogP contribution in [0.5, 0.6) is 5.75 Å². The second kappa shape index (κ2) is 6.43. The van der Waals surface area contributed by atoms with Gasteiger partial charge < -0.3 is 5.11 Å². The highest BCUT2D eigenvalue weighted by Crippen LogP contribution is 2.63. The van der Waals surface area contributed by atoms with Crippen molar-refractivity contribution in [2.75, 3.05) is 11.5 Å². The van der Waals surface area contributed by atoms with Crippen molar-refractivity contribution >= 4 is 20.4 Å². The van der Waals surface area contributed by atoms with Crippen molar-refractivity contribution in [3.63, 3.8) is 0 Å². The summed E-state index contributed by atoms with van der Waals surface area (Å²) in [7, 11) is -5.72. The van der Waals surface area contributed by atoms with E-state index in [-0.39, 0.29) is 10.6 Å². The van der Waals surface area contributed by atoms with Gasteiger partial charge in [0.15, 0.2) is 0 Å². The highest BCUT2D eigenvalue weighted by atomic mass is 32.3. The molecule has 24 heavy (non-hydrogen) atoms. The Labute approximate surface area is 145 Å². The summed E-state index contributed by atoms with van der Waals surface area (Å²) < 4.78 is 31.4. The molecule has 2 aromatic carbocycles. The molecule has 0 aromatic heterocycles. The number of benzene rings is 2. The van der Waals surface area contributed by atoms with E-state index in [4.69, 9.17) is 3.63 Å². The normalized spacial score (nSPS) is 18.4. The van der Waals surface area contributed by atoms with E-state index in [1.54, 1.807) is 30.3 Å². The molecule has 1 heterocycles. The van der Waals surface area contributed by atoms with Gasteiger partial charge in [0.1, 0.15) is 5.75 Å². The first-order valence-electron chi connectivity index (χ1n) is 7.94. The molecule has 2 aromatic rings.